The van der Waals surface area contributed by atoms with Crippen LogP contribution in [0.4, 0.5) is 4.79 Å². The zero-order valence-electron chi connectivity index (χ0n) is 7.12. The molecule has 1 fully saturated rings. The van der Waals surface area contributed by atoms with Crippen molar-refractivity contribution in [1.29, 1.82) is 0 Å². The molecule has 0 saturated carbocycles. The minimum Gasteiger partial charge on any atom is -0.448 e. The Bertz CT molecular complexity index is 203. The molecule has 0 bridgehead atoms. The van der Waals surface area contributed by atoms with Gasteiger partial charge in [0.15, 0.2) is 0 Å². The van der Waals surface area contributed by atoms with Gasteiger partial charge in [0.25, 0.3) is 0 Å². The molecular weight excluding hydrogens is 158 g/mol. The Morgan fingerprint density at radius 2 is 2.58 bits per heavy atom. The first-order chi connectivity index (χ1) is 5.74. The van der Waals surface area contributed by atoms with Crippen molar-refractivity contribution in [2.45, 2.75) is 6.42 Å². The van der Waals surface area contributed by atoms with Crippen LogP contribution >= 0.6 is 0 Å². The number of ether oxygens (including phenoxy) is 1. The third kappa shape index (κ3) is 2.11. The van der Waals surface area contributed by atoms with Gasteiger partial charge in [-0.15, -0.1) is 0 Å². The van der Waals surface area contributed by atoms with Crippen LogP contribution in [0, 0.1) is 0 Å². The van der Waals surface area contributed by atoms with Crippen LogP contribution in [0.1, 0.15) is 6.42 Å². The summed E-state index contributed by atoms with van der Waals surface area (Å²) in [6.45, 7) is 1.75. The second kappa shape index (κ2) is 3.94. The van der Waals surface area contributed by atoms with Crippen LogP contribution in [0.2, 0.25) is 0 Å². The average Bonchev–Trinajstić information content (AvgIpc) is 2.47. The van der Waals surface area contributed by atoms with E-state index < -0.39 is 0 Å². The summed E-state index contributed by atoms with van der Waals surface area (Å²) in [4.78, 5) is 16.3. The average molecular weight is 171 g/mol. The van der Waals surface area contributed by atoms with Crippen LogP contribution in [-0.4, -0.2) is 43.6 Å². The molecule has 68 valence electrons. The van der Waals surface area contributed by atoms with Crippen molar-refractivity contribution in [2.75, 3.05) is 26.7 Å². The van der Waals surface area contributed by atoms with Crippen molar-refractivity contribution in [3.05, 3.63) is 0 Å². The minimum absolute atomic E-state index is 0.251. The fraction of sp³-hybridized carbons (Fsp3) is 0.714. The second-order valence-electron chi connectivity index (χ2n) is 2.57. The molecule has 1 rings (SSSR count). The van der Waals surface area contributed by atoms with Crippen LogP contribution < -0.4 is 5.73 Å². The molecule has 0 aromatic rings. The predicted molar refractivity (Wildman–Crippen MR) is 45.1 cm³/mol. The zero-order chi connectivity index (χ0) is 8.97. The summed E-state index contributed by atoms with van der Waals surface area (Å²) < 4.78 is 4.74. The predicted octanol–water partition coefficient (Wildman–Crippen LogP) is -0.184. The van der Waals surface area contributed by atoms with Crippen LogP contribution in [0.5, 0.6) is 0 Å². The Hall–Kier alpha value is -1.26. The first kappa shape index (κ1) is 8.83. The molecule has 1 saturated heterocycles. The Labute approximate surface area is 71.2 Å². The van der Waals surface area contributed by atoms with Crippen LogP contribution in [0.25, 0.3) is 0 Å². The summed E-state index contributed by atoms with van der Waals surface area (Å²) in [6.07, 6.45) is 0.366. The van der Waals surface area contributed by atoms with Crippen molar-refractivity contribution in [2.24, 2.45) is 10.7 Å². The highest BCUT2D eigenvalue weighted by atomic mass is 16.6. The molecule has 5 heteroatoms. The van der Waals surface area contributed by atoms with E-state index in [1.54, 1.807) is 11.9 Å². The first-order valence-electron chi connectivity index (χ1n) is 3.87. The molecular formula is C7H13N3O2. The van der Waals surface area contributed by atoms with E-state index >= 15 is 0 Å². The van der Waals surface area contributed by atoms with Gasteiger partial charge < -0.3 is 15.4 Å². The van der Waals surface area contributed by atoms with Gasteiger partial charge in [0.05, 0.1) is 12.4 Å². The number of hydrogen-bond donors (Lipinski definition) is 1. The van der Waals surface area contributed by atoms with E-state index in [4.69, 9.17) is 10.5 Å². The summed E-state index contributed by atoms with van der Waals surface area (Å²) in [5.41, 5.74) is 5.47. The van der Waals surface area contributed by atoms with Gasteiger partial charge in [0.1, 0.15) is 6.61 Å². The van der Waals surface area contributed by atoms with E-state index in [9.17, 15) is 4.79 Å². The largest absolute Gasteiger partial charge is 0.448 e. The minimum atomic E-state index is -0.251. The summed E-state index contributed by atoms with van der Waals surface area (Å²) in [5.74, 6) is 0.565. The van der Waals surface area contributed by atoms with Crippen LogP contribution in [0.15, 0.2) is 4.99 Å². The van der Waals surface area contributed by atoms with Gasteiger partial charge in [0.2, 0.25) is 0 Å². The molecule has 1 amide bonds. The Kier molecular flexibility index (Phi) is 2.90. The number of cyclic esters (lactones) is 1. The molecule has 0 aromatic carbocycles. The van der Waals surface area contributed by atoms with Crippen LogP contribution in [0.3, 0.4) is 0 Å². The number of carbonyl (C=O) groups is 1. The van der Waals surface area contributed by atoms with E-state index in [0.717, 1.165) is 0 Å². The third-order valence-corrected chi connectivity index (χ3v) is 1.77. The molecule has 1 aliphatic heterocycles. The molecule has 0 spiro atoms. The van der Waals surface area contributed by atoms with Crippen molar-refractivity contribution >= 4 is 11.9 Å². The van der Waals surface area contributed by atoms with Gasteiger partial charge in [-0.2, -0.15) is 0 Å². The van der Waals surface area contributed by atoms with Gasteiger partial charge in [0, 0.05) is 20.0 Å². The number of amides is 1. The van der Waals surface area contributed by atoms with E-state index in [0.29, 0.717) is 32.0 Å². The summed E-state index contributed by atoms with van der Waals surface area (Å²) in [6, 6.07) is 0. The lowest BCUT2D eigenvalue weighted by molar-refractivity contribution is 0.159. The number of amidine groups is 1. The molecule has 1 heterocycles. The van der Waals surface area contributed by atoms with E-state index in [1.165, 1.54) is 0 Å². The van der Waals surface area contributed by atoms with Crippen molar-refractivity contribution < 1.29 is 9.53 Å². The summed E-state index contributed by atoms with van der Waals surface area (Å²) in [5, 5.41) is 0. The second-order valence-corrected chi connectivity index (χ2v) is 2.57. The topological polar surface area (TPSA) is 67.9 Å². The first-order valence-corrected chi connectivity index (χ1v) is 3.87. The molecule has 0 aliphatic carbocycles. The zero-order valence-corrected chi connectivity index (χ0v) is 7.12. The van der Waals surface area contributed by atoms with Crippen molar-refractivity contribution in [1.82, 2.24) is 4.90 Å². The Morgan fingerprint density at radius 1 is 1.83 bits per heavy atom. The summed E-state index contributed by atoms with van der Waals surface area (Å²) >= 11 is 0. The van der Waals surface area contributed by atoms with Gasteiger partial charge in [-0.1, -0.05) is 0 Å². The number of rotatable bonds is 3. The number of carbonyl (C=O) groups excluding carboxylic acids is 1. The molecule has 0 radical (unpaired) electrons. The fourth-order valence-electron chi connectivity index (χ4n) is 0.990. The van der Waals surface area contributed by atoms with Gasteiger partial charge >= 0.3 is 6.09 Å². The molecule has 12 heavy (non-hydrogen) atoms. The molecule has 5 nitrogen and oxygen atoms in total. The van der Waals surface area contributed by atoms with E-state index in [2.05, 4.69) is 4.99 Å². The van der Waals surface area contributed by atoms with Gasteiger partial charge in [-0.05, 0) is 0 Å². The lowest BCUT2D eigenvalue weighted by atomic mass is 10.3. The van der Waals surface area contributed by atoms with E-state index in [1.807, 2.05) is 0 Å². The highest BCUT2D eigenvalue weighted by molar-refractivity contribution is 5.80. The highest BCUT2D eigenvalue weighted by Crippen LogP contribution is 2.03. The van der Waals surface area contributed by atoms with E-state index in [-0.39, 0.29) is 6.09 Å². The molecule has 1 aliphatic rings. The molecule has 0 aromatic heterocycles. The standard InChI is InChI=1S/C7H13N3O2/c1-9-6(8)2-3-10-4-5-12-7(10)11/h2-5H2,1H3,(H2,8,9). The maximum absolute atomic E-state index is 10.9. The number of nitrogens with zero attached hydrogens (tertiary/aromatic N) is 2. The Morgan fingerprint density at radius 3 is 3.08 bits per heavy atom. The molecule has 0 atom stereocenters. The highest BCUT2D eigenvalue weighted by Gasteiger charge is 2.20. The normalized spacial score (nSPS) is 18.2. The van der Waals surface area contributed by atoms with Crippen molar-refractivity contribution in [3.63, 3.8) is 0 Å². The lowest BCUT2D eigenvalue weighted by Gasteiger charge is -2.10. The Balaban J connectivity index is 2.27. The quantitative estimate of drug-likeness (QED) is 0.473. The SMILES string of the molecule is CN=C(N)CCN1CCOC1=O. The van der Waals surface area contributed by atoms with Gasteiger partial charge in [-0.25, -0.2) is 4.79 Å². The molecule has 2 N–H and O–H groups in total. The monoisotopic (exact) mass is 171 g/mol. The molecule has 0 unspecified atom stereocenters. The lowest BCUT2D eigenvalue weighted by Crippen LogP contribution is -2.28. The van der Waals surface area contributed by atoms with Crippen LogP contribution in [-0.2, 0) is 4.74 Å². The third-order valence-electron chi connectivity index (χ3n) is 1.77. The summed E-state index contributed by atoms with van der Waals surface area (Å²) in [7, 11) is 1.64. The van der Waals surface area contributed by atoms with Gasteiger partial charge in [-0.3, -0.25) is 4.99 Å². The number of nitrogens with two attached hydrogens (primary N) is 1. The number of hydrogen-bond acceptors (Lipinski definition) is 3. The number of aliphatic imine (C=N–C) groups is 1. The maximum Gasteiger partial charge on any atom is 0.409 e. The fourth-order valence-corrected chi connectivity index (χ4v) is 0.990. The maximum atomic E-state index is 10.9. The smallest absolute Gasteiger partial charge is 0.409 e. The van der Waals surface area contributed by atoms with Crippen molar-refractivity contribution in [3.8, 4) is 0 Å².